The number of amides is 1. The Kier molecular flexibility index (Phi) is 6.21. The highest BCUT2D eigenvalue weighted by atomic mass is 32.1. The highest BCUT2D eigenvalue weighted by Crippen LogP contribution is 2.22. The van der Waals surface area contributed by atoms with Gasteiger partial charge in [0.15, 0.2) is 0 Å². The van der Waals surface area contributed by atoms with Gasteiger partial charge in [-0.05, 0) is 31.2 Å². The lowest BCUT2D eigenvalue weighted by Gasteiger charge is -2.24. The summed E-state index contributed by atoms with van der Waals surface area (Å²) in [6, 6.07) is 4.02. The summed E-state index contributed by atoms with van der Waals surface area (Å²) in [5, 5.41) is 17.7. The van der Waals surface area contributed by atoms with E-state index in [1.54, 1.807) is 6.07 Å². The lowest BCUT2D eigenvalue weighted by atomic mass is 9.96. The molecule has 0 bridgehead atoms. The molecule has 1 aromatic heterocycles. The first-order chi connectivity index (χ1) is 10.2. The lowest BCUT2D eigenvalue weighted by molar-refractivity contribution is -0.118. The van der Waals surface area contributed by atoms with Gasteiger partial charge in [-0.2, -0.15) is 5.26 Å². The molecule has 0 saturated heterocycles. The summed E-state index contributed by atoms with van der Waals surface area (Å²) in [5.74, 6) is -0.0593. The Morgan fingerprint density at radius 1 is 1.33 bits per heavy atom. The number of anilines is 1. The smallest absolute Gasteiger partial charge is 0.241 e. The zero-order chi connectivity index (χ0) is 15.1. The number of hydrogen-bond donors (Lipinski definition) is 2. The van der Waals surface area contributed by atoms with Crippen molar-refractivity contribution in [2.45, 2.75) is 64.0 Å². The van der Waals surface area contributed by atoms with Crippen LogP contribution in [0.3, 0.4) is 0 Å². The van der Waals surface area contributed by atoms with Gasteiger partial charge in [0.25, 0.3) is 0 Å². The van der Waals surface area contributed by atoms with Gasteiger partial charge >= 0.3 is 0 Å². The highest BCUT2D eigenvalue weighted by molar-refractivity contribution is 7.14. The molecule has 1 atom stereocenters. The van der Waals surface area contributed by atoms with E-state index < -0.39 is 0 Å². The third-order valence-electron chi connectivity index (χ3n) is 4.01. The molecule has 5 heteroatoms. The highest BCUT2D eigenvalue weighted by Gasteiger charge is 2.19. The number of nitrogens with one attached hydrogen (secondary N) is 2. The lowest BCUT2D eigenvalue weighted by Crippen LogP contribution is -2.44. The molecule has 2 rings (SSSR count). The summed E-state index contributed by atoms with van der Waals surface area (Å²) >= 11 is 1.39. The Balaban J connectivity index is 1.85. The van der Waals surface area contributed by atoms with Crippen molar-refractivity contribution in [2.24, 2.45) is 0 Å². The van der Waals surface area contributed by atoms with Gasteiger partial charge in [0.1, 0.15) is 11.1 Å². The van der Waals surface area contributed by atoms with Crippen molar-refractivity contribution in [3.8, 4) is 6.07 Å². The predicted octanol–water partition coefficient (Wildman–Crippen LogP) is 3.65. The summed E-state index contributed by atoms with van der Waals surface area (Å²) < 4.78 is 0. The summed E-state index contributed by atoms with van der Waals surface area (Å²) in [6.45, 7) is 1.90. The minimum Gasteiger partial charge on any atom is -0.315 e. The average molecular weight is 305 g/mol. The maximum absolute atomic E-state index is 12.2. The molecule has 1 aliphatic carbocycles. The molecule has 2 N–H and O–H groups in total. The van der Waals surface area contributed by atoms with Gasteiger partial charge in [-0.3, -0.25) is 4.79 Å². The number of thiophene rings is 1. The third kappa shape index (κ3) is 4.83. The van der Waals surface area contributed by atoms with Crippen LogP contribution in [0.15, 0.2) is 11.4 Å². The number of carbonyl (C=O) groups is 1. The van der Waals surface area contributed by atoms with E-state index in [2.05, 4.69) is 16.7 Å². The molecule has 0 aliphatic heterocycles. The van der Waals surface area contributed by atoms with Crippen LogP contribution >= 0.6 is 11.3 Å². The number of rotatable bonds is 4. The molecule has 1 aliphatic rings. The Hall–Kier alpha value is -1.38. The van der Waals surface area contributed by atoms with E-state index in [4.69, 9.17) is 5.26 Å². The Labute approximate surface area is 130 Å². The van der Waals surface area contributed by atoms with Crippen molar-refractivity contribution in [3.05, 3.63) is 17.0 Å². The van der Waals surface area contributed by atoms with Crippen LogP contribution < -0.4 is 10.6 Å². The van der Waals surface area contributed by atoms with E-state index in [-0.39, 0.29) is 11.9 Å². The Morgan fingerprint density at radius 2 is 2.00 bits per heavy atom. The van der Waals surface area contributed by atoms with Crippen LogP contribution in [0.5, 0.6) is 0 Å². The van der Waals surface area contributed by atoms with Gasteiger partial charge in [-0.15, -0.1) is 11.3 Å². The summed E-state index contributed by atoms with van der Waals surface area (Å²) in [5.41, 5.74) is 0.534. The molecule has 1 amide bonds. The molecule has 1 heterocycles. The van der Waals surface area contributed by atoms with Crippen molar-refractivity contribution >= 4 is 22.2 Å². The minimum atomic E-state index is -0.233. The van der Waals surface area contributed by atoms with Crippen molar-refractivity contribution in [1.82, 2.24) is 5.32 Å². The van der Waals surface area contributed by atoms with Gasteiger partial charge in [-0.1, -0.05) is 32.1 Å². The van der Waals surface area contributed by atoms with Crippen LogP contribution in [0.4, 0.5) is 5.00 Å². The van der Waals surface area contributed by atoms with E-state index in [0.717, 1.165) is 12.8 Å². The Morgan fingerprint density at radius 3 is 2.67 bits per heavy atom. The molecule has 0 radical (unpaired) electrons. The molecular weight excluding hydrogens is 282 g/mol. The monoisotopic (exact) mass is 305 g/mol. The van der Waals surface area contributed by atoms with Gasteiger partial charge in [0.05, 0.1) is 11.6 Å². The van der Waals surface area contributed by atoms with E-state index in [9.17, 15) is 4.79 Å². The zero-order valence-corrected chi connectivity index (χ0v) is 13.3. The maximum Gasteiger partial charge on any atom is 0.241 e. The maximum atomic E-state index is 12.2. The molecule has 21 heavy (non-hydrogen) atoms. The average Bonchev–Trinajstić information content (AvgIpc) is 2.88. The summed E-state index contributed by atoms with van der Waals surface area (Å²) in [7, 11) is 0. The summed E-state index contributed by atoms with van der Waals surface area (Å²) in [4.78, 5) is 12.2. The van der Waals surface area contributed by atoms with Crippen LogP contribution in [0, 0.1) is 11.3 Å². The molecular formula is C16H23N3OS. The third-order valence-corrected chi connectivity index (χ3v) is 4.84. The van der Waals surface area contributed by atoms with Crippen molar-refractivity contribution < 1.29 is 4.79 Å². The first-order valence-corrected chi connectivity index (χ1v) is 8.63. The SMILES string of the molecule is C[C@@H](NC1CCCCCCC1)C(=O)Nc1sccc1C#N. The second kappa shape index (κ2) is 8.16. The fraction of sp³-hybridized carbons (Fsp3) is 0.625. The molecule has 0 spiro atoms. The van der Waals surface area contributed by atoms with Crippen LogP contribution in [-0.2, 0) is 4.79 Å². The molecule has 4 nitrogen and oxygen atoms in total. The number of nitriles is 1. The van der Waals surface area contributed by atoms with Crippen LogP contribution in [0.1, 0.15) is 57.4 Å². The largest absolute Gasteiger partial charge is 0.315 e. The van der Waals surface area contributed by atoms with E-state index >= 15 is 0 Å². The van der Waals surface area contributed by atoms with Gasteiger partial charge in [0, 0.05) is 6.04 Å². The number of carbonyl (C=O) groups excluding carboxylic acids is 1. The van der Waals surface area contributed by atoms with E-state index in [1.165, 1.54) is 43.4 Å². The van der Waals surface area contributed by atoms with Gasteiger partial charge in [-0.25, -0.2) is 0 Å². The van der Waals surface area contributed by atoms with Gasteiger partial charge in [0.2, 0.25) is 5.91 Å². The quantitative estimate of drug-likeness (QED) is 0.892. The first-order valence-electron chi connectivity index (χ1n) is 7.75. The topological polar surface area (TPSA) is 64.9 Å². The standard InChI is InChI=1S/C16H23N3OS/c1-12(18-14-7-5-3-2-4-6-8-14)15(20)19-16-13(11-17)9-10-21-16/h9-10,12,14,18H,2-8H2,1H3,(H,19,20)/t12-/m1/s1. The van der Waals surface area contributed by atoms with Crippen LogP contribution in [0.25, 0.3) is 0 Å². The molecule has 0 unspecified atom stereocenters. The second-order valence-corrected chi connectivity index (χ2v) is 6.61. The van der Waals surface area contributed by atoms with Crippen LogP contribution in [-0.4, -0.2) is 18.0 Å². The molecule has 1 saturated carbocycles. The van der Waals surface area contributed by atoms with Crippen molar-refractivity contribution in [3.63, 3.8) is 0 Å². The molecule has 1 fully saturated rings. The van der Waals surface area contributed by atoms with Crippen LogP contribution in [0.2, 0.25) is 0 Å². The van der Waals surface area contributed by atoms with Gasteiger partial charge < -0.3 is 10.6 Å². The molecule has 1 aromatic rings. The fourth-order valence-corrected chi connectivity index (χ4v) is 3.51. The number of hydrogen-bond acceptors (Lipinski definition) is 4. The molecule has 0 aromatic carbocycles. The second-order valence-electron chi connectivity index (χ2n) is 5.69. The van der Waals surface area contributed by atoms with E-state index in [0.29, 0.717) is 16.6 Å². The normalized spacial score (nSPS) is 18.3. The predicted molar refractivity (Wildman–Crippen MR) is 86.4 cm³/mol. The molecule has 114 valence electrons. The number of nitrogens with zero attached hydrogens (tertiary/aromatic N) is 1. The minimum absolute atomic E-state index is 0.0593. The van der Waals surface area contributed by atoms with E-state index in [1.807, 2.05) is 12.3 Å². The zero-order valence-electron chi connectivity index (χ0n) is 12.5. The fourth-order valence-electron chi connectivity index (χ4n) is 2.77. The summed E-state index contributed by atoms with van der Waals surface area (Å²) in [6.07, 6.45) is 8.75. The Bertz CT molecular complexity index is 498. The van der Waals surface area contributed by atoms with Crippen molar-refractivity contribution in [1.29, 1.82) is 5.26 Å². The first kappa shape index (κ1) is 16.0. The van der Waals surface area contributed by atoms with Crippen molar-refractivity contribution in [2.75, 3.05) is 5.32 Å².